The van der Waals surface area contributed by atoms with Crippen LogP contribution in [0.5, 0.6) is 5.75 Å². The highest BCUT2D eigenvalue weighted by molar-refractivity contribution is 5.69. The standard InChI is InChI=1S/C16H23NO3/c1-16(12-15(18)19,17-9-4-3-5-10-17)13-7-6-8-14(11-13)20-2/h6-8,11H,3-5,9-10,12H2,1-2H3,(H,18,19). The largest absolute Gasteiger partial charge is 0.497 e. The molecule has 1 aliphatic heterocycles. The van der Waals surface area contributed by atoms with Gasteiger partial charge >= 0.3 is 5.97 Å². The molecule has 1 heterocycles. The first-order valence-electron chi connectivity index (χ1n) is 7.17. The number of aliphatic carboxylic acids is 1. The predicted octanol–water partition coefficient (Wildman–Crippen LogP) is 2.87. The van der Waals surface area contributed by atoms with Crippen LogP contribution in [-0.4, -0.2) is 36.2 Å². The van der Waals surface area contributed by atoms with Gasteiger partial charge in [-0.2, -0.15) is 0 Å². The highest BCUT2D eigenvalue weighted by Gasteiger charge is 2.36. The molecule has 110 valence electrons. The second-order valence-corrected chi connectivity index (χ2v) is 5.62. The number of carboxylic acids is 1. The van der Waals surface area contributed by atoms with Crippen LogP contribution in [0.1, 0.15) is 38.2 Å². The topological polar surface area (TPSA) is 49.8 Å². The molecule has 1 atom stereocenters. The van der Waals surface area contributed by atoms with Gasteiger partial charge in [0.15, 0.2) is 0 Å². The number of piperidine rings is 1. The first-order chi connectivity index (χ1) is 9.56. The number of carboxylic acid groups (broad SMARTS) is 1. The molecule has 0 bridgehead atoms. The summed E-state index contributed by atoms with van der Waals surface area (Å²) in [6, 6.07) is 7.77. The number of benzene rings is 1. The molecule has 4 heteroatoms. The SMILES string of the molecule is COc1cccc(C(C)(CC(=O)O)N2CCCCC2)c1. The van der Waals surface area contributed by atoms with Gasteiger partial charge in [-0.05, 0) is 50.6 Å². The summed E-state index contributed by atoms with van der Waals surface area (Å²) in [6.45, 7) is 3.95. The van der Waals surface area contributed by atoms with Crippen molar-refractivity contribution in [2.75, 3.05) is 20.2 Å². The van der Waals surface area contributed by atoms with Crippen LogP contribution in [0.25, 0.3) is 0 Å². The van der Waals surface area contributed by atoms with Gasteiger partial charge in [-0.1, -0.05) is 18.6 Å². The number of rotatable bonds is 5. The van der Waals surface area contributed by atoms with Gasteiger partial charge in [0.05, 0.1) is 19.1 Å². The minimum absolute atomic E-state index is 0.111. The fourth-order valence-electron chi connectivity index (χ4n) is 3.04. The summed E-state index contributed by atoms with van der Waals surface area (Å²) >= 11 is 0. The van der Waals surface area contributed by atoms with Crippen LogP contribution < -0.4 is 4.74 Å². The normalized spacial score (nSPS) is 19.3. The van der Waals surface area contributed by atoms with E-state index in [0.717, 1.165) is 37.2 Å². The van der Waals surface area contributed by atoms with Crippen molar-refractivity contribution in [2.45, 2.75) is 38.1 Å². The maximum absolute atomic E-state index is 11.3. The predicted molar refractivity (Wildman–Crippen MR) is 78.0 cm³/mol. The maximum Gasteiger partial charge on any atom is 0.305 e. The third-order valence-corrected chi connectivity index (χ3v) is 4.24. The molecule has 1 aromatic rings. The maximum atomic E-state index is 11.3. The average Bonchev–Trinajstić information content (AvgIpc) is 2.47. The van der Waals surface area contributed by atoms with Crippen molar-refractivity contribution >= 4 is 5.97 Å². The molecule has 0 radical (unpaired) electrons. The smallest absolute Gasteiger partial charge is 0.305 e. The van der Waals surface area contributed by atoms with E-state index in [4.69, 9.17) is 4.74 Å². The zero-order valence-corrected chi connectivity index (χ0v) is 12.3. The molecule has 0 aliphatic carbocycles. The fraction of sp³-hybridized carbons (Fsp3) is 0.562. The minimum Gasteiger partial charge on any atom is -0.497 e. The molecule has 1 unspecified atom stereocenters. The van der Waals surface area contributed by atoms with E-state index in [-0.39, 0.29) is 6.42 Å². The van der Waals surface area contributed by atoms with Crippen molar-refractivity contribution in [3.05, 3.63) is 29.8 Å². The summed E-state index contributed by atoms with van der Waals surface area (Å²) in [4.78, 5) is 13.6. The zero-order valence-electron chi connectivity index (χ0n) is 12.3. The van der Waals surface area contributed by atoms with Crippen molar-refractivity contribution in [1.29, 1.82) is 0 Å². The molecule has 2 rings (SSSR count). The van der Waals surface area contributed by atoms with Crippen molar-refractivity contribution in [3.63, 3.8) is 0 Å². The molecule has 20 heavy (non-hydrogen) atoms. The van der Waals surface area contributed by atoms with Crippen LogP contribution in [0.15, 0.2) is 24.3 Å². The van der Waals surface area contributed by atoms with E-state index in [1.807, 2.05) is 31.2 Å². The van der Waals surface area contributed by atoms with Gasteiger partial charge in [0.25, 0.3) is 0 Å². The molecule has 1 aromatic carbocycles. The van der Waals surface area contributed by atoms with E-state index in [0.29, 0.717) is 0 Å². The average molecular weight is 277 g/mol. The number of carbonyl (C=O) groups is 1. The molecule has 1 N–H and O–H groups in total. The van der Waals surface area contributed by atoms with Crippen LogP contribution in [0.3, 0.4) is 0 Å². The van der Waals surface area contributed by atoms with E-state index < -0.39 is 11.5 Å². The Morgan fingerprint density at radius 3 is 2.65 bits per heavy atom. The molecule has 1 fully saturated rings. The number of hydrogen-bond donors (Lipinski definition) is 1. The van der Waals surface area contributed by atoms with E-state index in [1.165, 1.54) is 6.42 Å². The number of hydrogen-bond acceptors (Lipinski definition) is 3. The molecular weight excluding hydrogens is 254 g/mol. The minimum atomic E-state index is -0.763. The molecule has 0 spiro atoms. The van der Waals surface area contributed by atoms with Gasteiger partial charge in [0.2, 0.25) is 0 Å². The molecule has 0 saturated carbocycles. The summed E-state index contributed by atoms with van der Waals surface area (Å²) in [5.41, 5.74) is 0.544. The summed E-state index contributed by atoms with van der Waals surface area (Å²) in [7, 11) is 1.63. The van der Waals surface area contributed by atoms with Crippen LogP contribution in [0.4, 0.5) is 0 Å². The lowest BCUT2D eigenvalue weighted by Gasteiger charge is -2.43. The highest BCUT2D eigenvalue weighted by atomic mass is 16.5. The van der Waals surface area contributed by atoms with Gasteiger partial charge in [-0.3, -0.25) is 9.69 Å². The van der Waals surface area contributed by atoms with Crippen LogP contribution in [-0.2, 0) is 10.3 Å². The van der Waals surface area contributed by atoms with E-state index in [2.05, 4.69) is 4.90 Å². The number of ether oxygens (including phenoxy) is 1. The monoisotopic (exact) mass is 277 g/mol. The highest BCUT2D eigenvalue weighted by Crippen LogP contribution is 2.35. The lowest BCUT2D eigenvalue weighted by Crippen LogP contribution is -2.47. The lowest BCUT2D eigenvalue weighted by molar-refractivity contribution is -0.140. The van der Waals surface area contributed by atoms with Crippen LogP contribution in [0.2, 0.25) is 0 Å². The summed E-state index contributed by atoms with van der Waals surface area (Å²) in [6.07, 6.45) is 3.62. The van der Waals surface area contributed by atoms with E-state index in [9.17, 15) is 9.90 Å². The molecular formula is C16H23NO3. The number of likely N-dealkylation sites (tertiary alicyclic amines) is 1. The first-order valence-corrected chi connectivity index (χ1v) is 7.17. The Hall–Kier alpha value is -1.55. The van der Waals surface area contributed by atoms with Crippen LogP contribution in [0, 0.1) is 0 Å². The Balaban J connectivity index is 2.36. The van der Waals surface area contributed by atoms with Gasteiger partial charge < -0.3 is 9.84 Å². The second kappa shape index (κ2) is 6.27. The van der Waals surface area contributed by atoms with Gasteiger partial charge in [-0.15, -0.1) is 0 Å². The van der Waals surface area contributed by atoms with Crippen LogP contribution >= 0.6 is 0 Å². The first kappa shape index (κ1) is 14.9. The third kappa shape index (κ3) is 3.12. The van der Waals surface area contributed by atoms with Gasteiger partial charge in [0.1, 0.15) is 5.75 Å². The van der Waals surface area contributed by atoms with E-state index >= 15 is 0 Å². The molecule has 0 amide bonds. The Kier molecular flexibility index (Phi) is 4.65. The summed E-state index contributed by atoms with van der Waals surface area (Å²) in [5.74, 6) is 0.0111. The molecule has 4 nitrogen and oxygen atoms in total. The van der Waals surface area contributed by atoms with Gasteiger partial charge in [-0.25, -0.2) is 0 Å². The molecule has 1 saturated heterocycles. The molecule has 1 aliphatic rings. The number of methoxy groups -OCH3 is 1. The quantitative estimate of drug-likeness (QED) is 0.899. The Morgan fingerprint density at radius 2 is 2.05 bits per heavy atom. The Labute approximate surface area is 120 Å². The van der Waals surface area contributed by atoms with Crippen molar-refractivity contribution < 1.29 is 14.6 Å². The number of nitrogens with zero attached hydrogens (tertiary/aromatic N) is 1. The van der Waals surface area contributed by atoms with Crippen molar-refractivity contribution in [2.24, 2.45) is 0 Å². The second-order valence-electron chi connectivity index (χ2n) is 5.62. The van der Waals surface area contributed by atoms with Crippen molar-refractivity contribution in [1.82, 2.24) is 4.90 Å². The van der Waals surface area contributed by atoms with Crippen molar-refractivity contribution in [3.8, 4) is 5.75 Å². The Bertz CT molecular complexity index is 469. The molecule has 0 aromatic heterocycles. The van der Waals surface area contributed by atoms with Gasteiger partial charge in [0, 0.05) is 0 Å². The lowest BCUT2D eigenvalue weighted by atomic mass is 9.85. The third-order valence-electron chi connectivity index (χ3n) is 4.24. The van der Waals surface area contributed by atoms with E-state index in [1.54, 1.807) is 7.11 Å². The zero-order chi connectivity index (χ0) is 14.6. The summed E-state index contributed by atoms with van der Waals surface area (Å²) < 4.78 is 5.28. The Morgan fingerprint density at radius 1 is 1.35 bits per heavy atom. The fourth-order valence-corrected chi connectivity index (χ4v) is 3.04. The summed E-state index contributed by atoms with van der Waals surface area (Å²) in [5, 5.41) is 9.31.